The molecule has 0 aliphatic heterocycles. The molecule has 0 heterocycles. The van der Waals surface area contributed by atoms with Gasteiger partial charge in [0.2, 0.25) is 0 Å². The van der Waals surface area contributed by atoms with Crippen molar-refractivity contribution >= 4 is 0 Å². The van der Waals surface area contributed by atoms with E-state index in [1.807, 2.05) is 13.8 Å². The van der Waals surface area contributed by atoms with Crippen LogP contribution >= 0.6 is 0 Å². The van der Waals surface area contributed by atoms with Crippen LogP contribution in [-0.2, 0) is 0 Å². The topological polar surface area (TPSA) is 26.0 Å². The van der Waals surface area contributed by atoms with Gasteiger partial charge in [-0.2, -0.15) is 0 Å². The first kappa shape index (κ1) is 9.89. The third-order valence-electron chi connectivity index (χ3n) is 1.61. The normalized spacial score (nSPS) is 15.9. The summed E-state index contributed by atoms with van der Waals surface area (Å²) in [7, 11) is 0. The molecule has 0 saturated carbocycles. The molecule has 2 heteroatoms. The Hall–Kier alpha value is -0.110. The van der Waals surface area contributed by atoms with Gasteiger partial charge >= 0.3 is 0 Å². The van der Waals surface area contributed by atoms with Crippen molar-refractivity contribution in [3.8, 4) is 0 Å². The van der Waals surface area contributed by atoms with E-state index < -0.39 is 5.67 Å². The molecular weight excluding hydrogens is 129 g/mol. The predicted molar refractivity (Wildman–Crippen MR) is 42.6 cm³/mol. The molecule has 1 atom stereocenters. The minimum absolute atomic E-state index is 0.326. The minimum Gasteiger partial charge on any atom is -0.325 e. The van der Waals surface area contributed by atoms with Gasteiger partial charge in [-0.3, -0.25) is 0 Å². The predicted octanol–water partition coefficient (Wildman–Crippen LogP) is 2.11. The molecule has 0 rings (SSSR count). The summed E-state index contributed by atoms with van der Waals surface area (Å²) < 4.78 is 13.0. The second kappa shape index (κ2) is 3.33. The van der Waals surface area contributed by atoms with E-state index >= 15 is 0 Å². The zero-order chi connectivity index (χ0) is 8.36. The fraction of sp³-hybridized carbons (Fsp3) is 1.00. The number of alkyl halides is 1. The third-order valence-corrected chi connectivity index (χ3v) is 1.61. The Bertz CT molecular complexity index is 93.9. The SMILES string of the molecule is CC(C)CC(N)C(C)(C)F. The average Bonchev–Trinajstić information content (AvgIpc) is 1.60. The van der Waals surface area contributed by atoms with Crippen LogP contribution in [0.25, 0.3) is 0 Å². The molecule has 0 aromatic carbocycles. The van der Waals surface area contributed by atoms with E-state index in [-0.39, 0.29) is 6.04 Å². The molecule has 62 valence electrons. The zero-order valence-corrected chi connectivity index (χ0v) is 7.32. The maximum Gasteiger partial charge on any atom is 0.120 e. The van der Waals surface area contributed by atoms with E-state index in [4.69, 9.17) is 5.73 Å². The zero-order valence-electron chi connectivity index (χ0n) is 7.32. The van der Waals surface area contributed by atoms with E-state index in [0.29, 0.717) is 5.92 Å². The summed E-state index contributed by atoms with van der Waals surface area (Å²) >= 11 is 0. The lowest BCUT2D eigenvalue weighted by Crippen LogP contribution is -2.40. The van der Waals surface area contributed by atoms with Gasteiger partial charge < -0.3 is 5.73 Å². The molecule has 1 unspecified atom stereocenters. The maximum atomic E-state index is 13.0. The van der Waals surface area contributed by atoms with Crippen LogP contribution in [-0.4, -0.2) is 11.7 Å². The van der Waals surface area contributed by atoms with Gasteiger partial charge in [-0.25, -0.2) is 4.39 Å². The molecule has 1 nitrogen and oxygen atoms in total. The van der Waals surface area contributed by atoms with Crippen molar-refractivity contribution in [2.45, 2.75) is 45.8 Å². The van der Waals surface area contributed by atoms with Gasteiger partial charge in [-0.05, 0) is 26.2 Å². The van der Waals surface area contributed by atoms with E-state index in [9.17, 15) is 4.39 Å². The van der Waals surface area contributed by atoms with Gasteiger partial charge in [-0.1, -0.05) is 13.8 Å². The Morgan fingerprint density at radius 1 is 1.40 bits per heavy atom. The summed E-state index contributed by atoms with van der Waals surface area (Å²) in [6.07, 6.45) is 0.753. The quantitative estimate of drug-likeness (QED) is 0.650. The summed E-state index contributed by atoms with van der Waals surface area (Å²) in [6, 6.07) is -0.326. The second-order valence-corrected chi connectivity index (χ2v) is 3.80. The van der Waals surface area contributed by atoms with Crippen molar-refractivity contribution in [1.82, 2.24) is 0 Å². The summed E-state index contributed by atoms with van der Waals surface area (Å²) in [5, 5.41) is 0. The molecule has 0 aliphatic rings. The van der Waals surface area contributed by atoms with Crippen LogP contribution in [0.4, 0.5) is 4.39 Å². The first-order chi connectivity index (χ1) is 4.34. The molecule has 10 heavy (non-hydrogen) atoms. The fourth-order valence-electron chi connectivity index (χ4n) is 0.788. The highest BCUT2D eigenvalue weighted by Gasteiger charge is 2.25. The van der Waals surface area contributed by atoms with Gasteiger partial charge in [0.05, 0.1) is 0 Å². The lowest BCUT2D eigenvalue weighted by Gasteiger charge is -2.24. The van der Waals surface area contributed by atoms with Gasteiger partial charge in [0.25, 0.3) is 0 Å². The largest absolute Gasteiger partial charge is 0.325 e. The van der Waals surface area contributed by atoms with Crippen LogP contribution in [0.3, 0.4) is 0 Å². The van der Waals surface area contributed by atoms with Crippen LogP contribution in [0.2, 0.25) is 0 Å². The van der Waals surface area contributed by atoms with Gasteiger partial charge in [0, 0.05) is 6.04 Å². The van der Waals surface area contributed by atoms with Gasteiger partial charge in [0.15, 0.2) is 0 Å². The second-order valence-electron chi connectivity index (χ2n) is 3.80. The molecular formula is C8H18FN. The Morgan fingerprint density at radius 2 is 1.80 bits per heavy atom. The summed E-state index contributed by atoms with van der Waals surface area (Å²) in [5.74, 6) is 0.477. The summed E-state index contributed by atoms with van der Waals surface area (Å²) in [6.45, 7) is 7.15. The van der Waals surface area contributed by atoms with Crippen molar-refractivity contribution in [3.63, 3.8) is 0 Å². The highest BCUT2D eigenvalue weighted by molar-refractivity contribution is 4.81. The van der Waals surface area contributed by atoms with Crippen LogP contribution in [0.15, 0.2) is 0 Å². The van der Waals surface area contributed by atoms with Crippen molar-refractivity contribution in [3.05, 3.63) is 0 Å². The monoisotopic (exact) mass is 147 g/mol. The van der Waals surface area contributed by atoms with Crippen LogP contribution < -0.4 is 5.73 Å². The number of nitrogens with two attached hydrogens (primary N) is 1. The number of rotatable bonds is 3. The molecule has 0 fully saturated rings. The van der Waals surface area contributed by atoms with Crippen molar-refractivity contribution in [2.75, 3.05) is 0 Å². The van der Waals surface area contributed by atoms with Gasteiger partial charge in [-0.15, -0.1) is 0 Å². The average molecular weight is 147 g/mol. The smallest absolute Gasteiger partial charge is 0.120 e. The molecule has 0 aromatic heterocycles. The maximum absolute atomic E-state index is 13.0. The van der Waals surface area contributed by atoms with Crippen molar-refractivity contribution in [1.29, 1.82) is 0 Å². The third kappa shape index (κ3) is 3.83. The Morgan fingerprint density at radius 3 is 1.90 bits per heavy atom. The van der Waals surface area contributed by atoms with Gasteiger partial charge in [0.1, 0.15) is 5.67 Å². The molecule has 0 radical (unpaired) electrons. The summed E-state index contributed by atoms with van der Waals surface area (Å²) in [4.78, 5) is 0. The van der Waals surface area contributed by atoms with E-state index in [1.165, 1.54) is 13.8 Å². The highest BCUT2D eigenvalue weighted by atomic mass is 19.1. The van der Waals surface area contributed by atoms with E-state index in [2.05, 4.69) is 0 Å². The molecule has 0 aromatic rings. The number of halogens is 1. The van der Waals surface area contributed by atoms with E-state index in [1.54, 1.807) is 0 Å². The standard InChI is InChI=1S/C8H18FN/c1-6(2)5-7(10)8(3,4)9/h6-7H,5,10H2,1-4H3. The molecule has 0 aliphatic carbocycles. The molecule has 0 spiro atoms. The minimum atomic E-state index is -1.23. The molecule has 0 bridgehead atoms. The number of hydrogen-bond donors (Lipinski definition) is 1. The van der Waals surface area contributed by atoms with E-state index in [0.717, 1.165) is 6.42 Å². The molecule has 2 N–H and O–H groups in total. The Balaban J connectivity index is 3.73. The van der Waals surface area contributed by atoms with Crippen LogP contribution in [0.1, 0.15) is 34.1 Å². The summed E-state index contributed by atoms with van der Waals surface area (Å²) in [5.41, 5.74) is 4.34. The van der Waals surface area contributed by atoms with Crippen molar-refractivity contribution in [2.24, 2.45) is 11.7 Å². The first-order valence-corrected chi connectivity index (χ1v) is 3.78. The lowest BCUT2D eigenvalue weighted by molar-refractivity contribution is 0.158. The van der Waals surface area contributed by atoms with Crippen molar-refractivity contribution < 1.29 is 4.39 Å². The highest BCUT2D eigenvalue weighted by Crippen LogP contribution is 2.18. The number of hydrogen-bond acceptors (Lipinski definition) is 1. The van der Waals surface area contributed by atoms with Crippen LogP contribution in [0.5, 0.6) is 0 Å². The Kier molecular flexibility index (Phi) is 3.29. The molecule has 0 amide bonds. The lowest BCUT2D eigenvalue weighted by atomic mass is 9.93. The Labute approximate surface area is 62.8 Å². The first-order valence-electron chi connectivity index (χ1n) is 3.78. The van der Waals surface area contributed by atoms with Crippen LogP contribution in [0, 0.1) is 5.92 Å². The fourth-order valence-corrected chi connectivity index (χ4v) is 0.788. The molecule has 0 saturated heterocycles.